The van der Waals surface area contributed by atoms with Crippen molar-refractivity contribution in [1.82, 2.24) is 14.5 Å². The molecule has 1 aliphatic heterocycles. The highest BCUT2D eigenvalue weighted by Gasteiger charge is 2.42. The summed E-state index contributed by atoms with van der Waals surface area (Å²) in [7, 11) is 0. The van der Waals surface area contributed by atoms with Gasteiger partial charge in [0.2, 0.25) is 11.8 Å². The average molecular weight is 375 g/mol. The molecule has 0 spiro atoms. The molecular weight excluding hydrogens is 348 g/mol. The Balaban J connectivity index is 1.51. The molecule has 4 nitrogen and oxygen atoms in total. The van der Waals surface area contributed by atoms with Gasteiger partial charge in [0.1, 0.15) is 5.82 Å². The van der Waals surface area contributed by atoms with Gasteiger partial charge in [0, 0.05) is 37.3 Å². The number of fused-ring (bicyclic) bond motifs is 1. The zero-order valence-corrected chi connectivity index (χ0v) is 16.2. The van der Waals surface area contributed by atoms with Crippen LogP contribution in [0.25, 0.3) is 11.0 Å². The number of benzene rings is 1. The second-order valence-electron chi connectivity index (χ2n) is 9.07. The molecule has 1 amide bonds. The Morgan fingerprint density at radius 3 is 2.41 bits per heavy atom. The maximum Gasteiger partial charge on any atom is 0.248 e. The summed E-state index contributed by atoms with van der Waals surface area (Å²) >= 11 is 0. The lowest BCUT2D eigenvalue weighted by atomic mass is 9.85. The van der Waals surface area contributed by atoms with E-state index in [9.17, 15) is 13.6 Å². The van der Waals surface area contributed by atoms with Gasteiger partial charge < -0.3 is 9.47 Å². The Kier molecular flexibility index (Phi) is 4.28. The number of likely N-dealkylation sites (tertiary alicyclic amines) is 1. The predicted octanol–water partition coefficient (Wildman–Crippen LogP) is 4.54. The van der Waals surface area contributed by atoms with E-state index in [1.807, 2.05) is 23.1 Å². The Hall–Kier alpha value is -1.98. The van der Waals surface area contributed by atoms with Crippen molar-refractivity contribution in [3.63, 3.8) is 0 Å². The molecule has 4 rings (SSSR count). The molecule has 1 aromatic carbocycles. The predicted molar refractivity (Wildman–Crippen MR) is 101 cm³/mol. The van der Waals surface area contributed by atoms with E-state index in [1.54, 1.807) is 0 Å². The van der Waals surface area contributed by atoms with Crippen LogP contribution in [0.4, 0.5) is 8.78 Å². The minimum Gasteiger partial charge on any atom is -0.338 e. The van der Waals surface area contributed by atoms with Crippen LogP contribution in [0.15, 0.2) is 24.3 Å². The van der Waals surface area contributed by atoms with E-state index in [0.717, 1.165) is 16.9 Å². The molecule has 1 saturated heterocycles. The standard InChI is InChI=1S/C21H27F2N3O/c1-20(2,3)19-24-16-6-4-5-7-17(16)26(19)15-12-25(13-15)18(27)14-8-10-21(22,23)11-9-14/h4-7,14-15H,8-13H2,1-3H3. The van der Waals surface area contributed by atoms with E-state index in [-0.39, 0.29) is 36.1 Å². The zero-order chi connectivity index (χ0) is 19.4. The van der Waals surface area contributed by atoms with E-state index >= 15 is 0 Å². The van der Waals surface area contributed by atoms with E-state index in [2.05, 4.69) is 31.4 Å². The fraction of sp³-hybridized carbons (Fsp3) is 0.619. The largest absolute Gasteiger partial charge is 0.338 e. The van der Waals surface area contributed by atoms with Crippen molar-refractivity contribution >= 4 is 16.9 Å². The molecule has 2 aromatic rings. The molecule has 2 aliphatic rings. The molecule has 1 saturated carbocycles. The summed E-state index contributed by atoms with van der Waals surface area (Å²) < 4.78 is 29.0. The fourth-order valence-corrected chi connectivity index (χ4v) is 4.29. The molecule has 27 heavy (non-hydrogen) atoms. The SMILES string of the molecule is CC(C)(C)c1nc2ccccc2n1C1CN(C(=O)C2CCC(F)(F)CC2)C1. The van der Waals surface area contributed by atoms with Crippen LogP contribution in [0, 0.1) is 5.92 Å². The van der Waals surface area contributed by atoms with Crippen LogP contribution in [-0.4, -0.2) is 39.4 Å². The summed E-state index contributed by atoms with van der Waals surface area (Å²) in [5.41, 5.74) is 1.97. The number of halogens is 2. The first-order valence-corrected chi connectivity index (χ1v) is 9.80. The van der Waals surface area contributed by atoms with Crippen molar-refractivity contribution in [2.24, 2.45) is 5.92 Å². The van der Waals surface area contributed by atoms with Crippen LogP contribution in [0.1, 0.15) is 58.3 Å². The first-order valence-electron chi connectivity index (χ1n) is 9.80. The van der Waals surface area contributed by atoms with Crippen molar-refractivity contribution < 1.29 is 13.6 Å². The first kappa shape index (κ1) is 18.4. The minimum atomic E-state index is -2.59. The van der Waals surface area contributed by atoms with E-state index in [0.29, 0.717) is 25.9 Å². The van der Waals surface area contributed by atoms with Crippen molar-refractivity contribution in [2.45, 2.75) is 63.8 Å². The van der Waals surface area contributed by atoms with Gasteiger partial charge in [0.15, 0.2) is 0 Å². The maximum absolute atomic E-state index is 13.4. The number of carbonyl (C=O) groups excluding carboxylic acids is 1. The van der Waals surface area contributed by atoms with Crippen molar-refractivity contribution in [3.8, 4) is 0 Å². The number of amides is 1. The molecule has 0 atom stereocenters. The molecule has 2 fully saturated rings. The number of hydrogen-bond donors (Lipinski definition) is 0. The van der Waals surface area contributed by atoms with E-state index in [4.69, 9.17) is 4.98 Å². The minimum absolute atomic E-state index is 0.0449. The zero-order valence-electron chi connectivity index (χ0n) is 16.2. The molecule has 6 heteroatoms. The quantitative estimate of drug-likeness (QED) is 0.773. The highest BCUT2D eigenvalue weighted by atomic mass is 19.3. The van der Waals surface area contributed by atoms with Crippen LogP contribution in [0.2, 0.25) is 0 Å². The Bertz CT molecular complexity index is 852. The molecule has 1 aromatic heterocycles. The topological polar surface area (TPSA) is 38.1 Å². The number of aromatic nitrogens is 2. The molecule has 0 radical (unpaired) electrons. The van der Waals surface area contributed by atoms with Crippen molar-refractivity contribution in [1.29, 1.82) is 0 Å². The molecule has 2 heterocycles. The normalized spacial score (nSPS) is 21.4. The van der Waals surface area contributed by atoms with Gasteiger partial charge in [-0.15, -0.1) is 0 Å². The van der Waals surface area contributed by atoms with Gasteiger partial charge in [-0.1, -0.05) is 32.9 Å². The van der Waals surface area contributed by atoms with E-state index in [1.165, 1.54) is 0 Å². The molecule has 146 valence electrons. The van der Waals surface area contributed by atoms with Gasteiger partial charge >= 0.3 is 0 Å². The Labute approximate surface area is 158 Å². The van der Waals surface area contributed by atoms with Gasteiger partial charge in [-0.3, -0.25) is 4.79 Å². The molecule has 0 bridgehead atoms. The van der Waals surface area contributed by atoms with Gasteiger partial charge in [-0.2, -0.15) is 0 Å². The second kappa shape index (κ2) is 6.28. The van der Waals surface area contributed by atoms with Crippen LogP contribution in [0.5, 0.6) is 0 Å². The molecule has 0 unspecified atom stereocenters. The van der Waals surface area contributed by atoms with Crippen LogP contribution in [-0.2, 0) is 10.2 Å². The van der Waals surface area contributed by atoms with Crippen LogP contribution < -0.4 is 0 Å². The monoisotopic (exact) mass is 375 g/mol. The molecular formula is C21H27F2N3O. The summed E-state index contributed by atoms with van der Waals surface area (Å²) in [5.74, 6) is -1.76. The number of carbonyl (C=O) groups is 1. The maximum atomic E-state index is 13.4. The second-order valence-corrected chi connectivity index (χ2v) is 9.07. The number of alkyl halides is 2. The third kappa shape index (κ3) is 3.34. The Morgan fingerprint density at radius 2 is 1.78 bits per heavy atom. The van der Waals surface area contributed by atoms with Crippen molar-refractivity contribution in [2.75, 3.05) is 13.1 Å². The highest BCUT2D eigenvalue weighted by molar-refractivity contribution is 5.80. The number of hydrogen-bond acceptors (Lipinski definition) is 2. The number of rotatable bonds is 2. The lowest BCUT2D eigenvalue weighted by Crippen LogP contribution is -2.53. The summed E-state index contributed by atoms with van der Waals surface area (Å²) in [4.78, 5) is 19.4. The summed E-state index contributed by atoms with van der Waals surface area (Å²) in [6.07, 6.45) is 0.268. The van der Waals surface area contributed by atoms with Gasteiger partial charge in [-0.25, -0.2) is 13.8 Å². The summed E-state index contributed by atoms with van der Waals surface area (Å²) in [6, 6.07) is 8.29. The van der Waals surface area contributed by atoms with Gasteiger partial charge in [-0.05, 0) is 25.0 Å². The lowest BCUT2D eigenvalue weighted by molar-refractivity contribution is -0.145. The van der Waals surface area contributed by atoms with Crippen LogP contribution >= 0.6 is 0 Å². The van der Waals surface area contributed by atoms with Gasteiger partial charge in [0.05, 0.1) is 17.1 Å². The smallest absolute Gasteiger partial charge is 0.248 e. The number of imidazole rings is 1. The lowest BCUT2D eigenvalue weighted by Gasteiger charge is -2.44. The van der Waals surface area contributed by atoms with E-state index < -0.39 is 5.92 Å². The average Bonchev–Trinajstić information content (AvgIpc) is 2.93. The number of para-hydroxylation sites is 2. The molecule has 1 aliphatic carbocycles. The first-order chi connectivity index (χ1) is 12.7. The third-order valence-electron chi connectivity index (χ3n) is 5.87. The van der Waals surface area contributed by atoms with Gasteiger partial charge in [0.25, 0.3) is 0 Å². The molecule has 0 N–H and O–H groups in total. The summed E-state index contributed by atoms with van der Waals surface area (Å²) in [5, 5.41) is 0. The van der Waals surface area contributed by atoms with Crippen molar-refractivity contribution in [3.05, 3.63) is 30.1 Å². The highest BCUT2D eigenvalue weighted by Crippen LogP contribution is 2.39. The number of nitrogens with zero attached hydrogens (tertiary/aromatic N) is 3. The van der Waals surface area contributed by atoms with Crippen LogP contribution in [0.3, 0.4) is 0 Å². The third-order valence-corrected chi connectivity index (χ3v) is 5.87. The summed E-state index contributed by atoms with van der Waals surface area (Å²) in [6.45, 7) is 7.71. The fourth-order valence-electron chi connectivity index (χ4n) is 4.29. The Morgan fingerprint density at radius 1 is 1.15 bits per heavy atom.